The van der Waals surface area contributed by atoms with Gasteiger partial charge in [0.1, 0.15) is 17.2 Å². The van der Waals surface area contributed by atoms with Crippen molar-refractivity contribution >= 4 is 16.9 Å². The van der Waals surface area contributed by atoms with Crippen LogP contribution in [-0.4, -0.2) is 11.0 Å². The number of halogens is 2. The Morgan fingerprint density at radius 3 is 2.74 bits per heavy atom. The number of carbonyl (C=O) groups excluding carboxylic acids is 1. The molecule has 4 nitrogen and oxygen atoms in total. The van der Waals surface area contributed by atoms with Gasteiger partial charge in [0.2, 0.25) is 0 Å². The van der Waals surface area contributed by atoms with Crippen molar-refractivity contribution in [3.8, 4) is 0 Å². The van der Waals surface area contributed by atoms with E-state index in [0.29, 0.717) is 16.5 Å². The van der Waals surface area contributed by atoms with Crippen LogP contribution < -0.4 is 5.32 Å². The molecule has 0 fully saturated rings. The third kappa shape index (κ3) is 3.22. The molecule has 0 aliphatic rings. The molecule has 2 aromatic carbocycles. The molecular weight excluding hydrogens is 304 g/mol. The van der Waals surface area contributed by atoms with Gasteiger partial charge in [0, 0.05) is 17.5 Å². The molecule has 0 saturated carbocycles. The van der Waals surface area contributed by atoms with Crippen LogP contribution in [0.2, 0.25) is 0 Å². The maximum absolute atomic E-state index is 13.3. The second-order valence-electron chi connectivity index (χ2n) is 5.06. The lowest BCUT2D eigenvalue weighted by Crippen LogP contribution is -2.22. The number of amides is 1. The summed E-state index contributed by atoms with van der Waals surface area (Å²) >= 11 is 0. The predicted octanol–water partition coefficient (Wildman–Crippen LogP) is 3.13. The first kappa shape index (κ1) is 15.2. The number of aliphatic hydroxyl groups is 1. The summed E-state index contributed by atoms with van der Waals surface area (Å²) < 4.78 is 31.8. The topological polar surface area (TPSA) is 62.5 Å². The van der Waals surface area contributed by atoms with E-state index in [4.69, 9.17) is 9.52 Å². The average molecular weight is 317 g/mol. The maximum atomic E-state index is 13.3. The summed E-state index contributed by atoms with van der Waals surface area (Å²) in [7, 11) is 0. The number of fused-ring (bicyclic) bond motifs is 1. The van der Waals surface area contributed by atoms with E-state index in [0.717, 1.165) is 0 Å². The Bertz CT molecular complexity index is 873. The van der Waals surface area contributed by atoms with Crippen molar-refractivity contribution in [2.24, 2.45) is 0 Å². The number of hydrogen-bond acceptors (Lipinski definition) is 3. The van der Waals surface area contributed by atoms with Gasteiger partial charge in [-0.3, -0.25) is 4.79 Å². The molecule has 0 spiro atoms. The molecule has 2 N–H and O–H groups in total. The van der Waals surface area contributed by atoms with Crippen LogP contribution >= 0.6 is 0 Å². The minimum Gasteiger partial charge on any atom is -0.451 e. The highest BCUT2D eigenvalue weighted by molar-refractivity contribution is 5.96. The summed E-state index contributed by atoms with van der Waals surface area (Å²) in [6, 6.07) is 9.67. The largest absolute Gasteiger partial charge is 0.451 e. The molecule has 0 atom stereocenters. The van der Waals surface area contributed by atoms with Gasteiger partial charge in [0.05, 0.1) is 6.61 Å². The van der Waals surface area contributed by atoms with Crippen molar-refractivity contribution in [1.29, 1.82) is 0 Å². The second-order valence-corrected chi connectivity index (χ2v) is 5.06. The first-order chi connectivity index (χ1) is 11.1. The summed E-state index contributed by atoms with van der Waals surface area (Å²) in [5.41, 5.74) is 1.22. The van der Waals surface area contributed by atoms with E-state index in [2.05, 4.69) is 5.32 Å². The fourth-order valence-corrected chi connectivity index (χ4v) is 2.25. The van der Waals surface area contributed by atoms with Crippen LogP contribution in [0.15, 0.2) is 46.9 Å². The molecule has 1 heterocycles. The van der Waals surface area contributed by atoms with Crippen LogP contribution in [-0.2, 0) is 13.2 Å². The number of rotatable bonds is 4. The highest BCUT2D eigenvalue weighted by atomic mass is 19.1. The lowest BCUT2D eigenvalue weighted by Gasteiger charge is -2.06. The van der Waals surface area contributed by atoms with Crippen molar-refractivity contribution < 1.29 is 23.1 Å². The van der Waals surface area contributed by atoms with Crippen LogP contribution in [0, 0.1) is 11.6 Å². The number of hydrogen-bond donors (Lipinski definition) is 2. The molecule has 0 bridgehead atoms. The number of carbonyl (C=O) groups is 1. The van der Waals surface area contributed by atoms with Gasteiger partial charge in [-0.25, -0.2) is 8.78 Å². The molecule has 0 aliphatic heterocycles. The molecule has 0 saturated heterocycles. The standard InChI is InChI=1S/C17H13F2NO3/c18-13-2-4-15-11(6-13)7-16(23-15)17(22)20-8-10-1-3-14(19)12(5-10)9-21/h1-7,21H,8-9H2,(H,20,22). The molecule has 0 unspecified atom stereocenters. The molecule has 1 amide bonds. The highest BCUT2D eigenvalue weighted by Crippen LogP contribution is 2.20. The molecule has 23 heavy (non-hydrogen) atoms. The Labute approximate surface area is 130 Å². The fraction of sp³-hybridized carbons (Fsp3) is 0.118. The second kappa shape index (κ2) is 6.18. The van der Waals surface area contributed by atoms with E-state index >= 15 is 0 Å². The van der Waals surface area contributed by atoms with Gasteiger partial charge >= 0.3 is 0 Å². The van der Waals surface area contributed by atoms with Gasteiger partial charge in [0.15, 0.2) is 5.76 Å². The zero-order valence-electron chi connectivity index (χ0n) is 12.0. The smallest absolute Gasteiger partial charge is 0.287 e. The van der Waals surface area contributed by atoms with Crippen molar-refractivity contribution in [2.45, 2.75) is 13.2 Å². The van der Waals surface area contributed by atoms with Crippen LogP contribution in [0.3, 0.4) is 0 Å². The van der Waals surface area contributed by atoms with E-state index < -0.39 is 24.1 Å². The number of nitrogens with one attached hydrogen (secondary N) is 1. The summed E-state index contributed by atoms with van der Waals surface area (Å²) in [4.78, 5) is 12.1. The summed E-state index contributed by atoms with van der Waals surface area (Å²) in [5, 5.41) is 12.2. The Morgan fingerprint density at radius 2 is 1.96 bits per heavy atom. The van der Waals surface area contributed by atoms with Gasteiger partial charge in [0.25, 0.3) is 5.91 Å². The highest BCUT2D eigenvalue weighted by Gasteiger charge is 2.13. The molecule has 1 aromatic heterocycles. The van der Waals surface area contributed by atoms with Gasteiger partial charge < -0.3 is 14.8 Å². The van der Waals surface area contributed by atoms with Gasteiger partial charge in [-0.05, 0) is 42.0 Å². The van der Waals surface area contributed by atoms with Gasteiger partial charge in [-0.1, -0.05) is 6.07 Å². The van der Waals surface area contributed by atoms with Crippen molar-refractivity contribution in [2.75, 3.05) is 0 Å². The Morgan fingerprint density at radius 1 is 1.13 bits per heavy atom. The van der Waals surface area contributed by atoms with E-state index in [1.165, 1.54) is 42.5 Å². The lowest BCUT2D eigenvalue weighted by molar-refractivity contribution is 0.0925. The Hall–Kier alpha value is -2.73. The quantitative estimate of drug-likeness (QED) is 0.777. The Balaban J connectivity index is 1.73. The predicted molar refractivity (Wildman–Crippen MR) is 79.7 cm³/mol. The number of aliphatic hydroxyl groups excluding tert-OH is 1. The first-order valence-corrected chi connectivity index (χ1v) is 6.92. The van der Waals surface area contributed by atoms with Gasteiger partial charge in [-0.2, -0.15) is 0 Å². The van der Waals surface area contributed by atoms with Crippen molar-refractivity contribution in [3.63, 3.8) is 0 Å². The number of benzene rings is 2. The molecular formula is C17H13F2NO3. The van der Waals surface area contributed by atoms with Crippen LogP contribution in [0.25, 0.3) is 11.0 Å². The molecule has 3 aromatic rings. The van der Waals surface area contributed by atoms with E-state index in [1.54, 1.807) is 0 Å². The molecule has 3 rings (SSSR count). The monoisotopic (exact) mass is 317 g/mol. The van der Waals surface area contributed by atoms with E-state index in [9.17, 15) is 13.6 Å². The van der Waals surface area contributed by atoms with E-state index in [-0.39, 0.29) is 17.9 Å². The fourth-order valence-electron chi connectivity index (χ4n) is 2.25. The summed E-state index contributed by atoms with van der Waals surface area (Å²) in [6.45, 7) is -0.264. The normalized spacial score (nSPS) is 10.9. The molecule has 118 valence electrons. The van der Waals surface area contributed by atoms with Crippen molar-refractivity contribution in [3.05, 3.63) is 71.0 Å². The molecule has 0 radical (unpaired) electrons. The van der Waals surface area contributed by atoms with Crippen LogP contribution in [0.4, 0.5) is 8.78 Å². The average Bonchev–Trinajstić information content (AvgIpc) is 2.97. The third-order valence-corrected chi connectivity index (χ3v) is 3.44. The molecule has 6 heteroatoms. The SMILES string of the molecule is O=C(NCc1ccc(F)c(CO)c1)c1cc2cc(F)ccc2o1. The van der Waals surface area contributed by atoms with E-state index in [1.807, 2.05) is 0 Å². The molecule has 0 aliphatic carbocycles. The lowest BCUT2D eigenvalue weighted by atomic mass is 10.1. The third-order valence-electron chi connectivity index (χ3n) is 3.44. The minimum atomic E-state index is -0.498. The van der Waals surface area contributed by atoms with Crippen LogP contribution in [0.5, 0.6) is 0 Å². The van der Waals surface area contributed by atoms with Crippen molar-refractivity contribution in [1.82, 2.24) is 5.32 Å². The zero-order valence-corrected chi connectivity index (χ0v) is 12.0. The first-order valence-electron chi connectivity index (χ1n) is 6.92. The van der Waals surface area contributed by atoms with Gasteiger partial charge in [-0.15, -0.1) is 0 Å². The summed E-state index contributed by atoms with van der Waals surface area (Å²) in [6.07, 6.45) is 0. The van der Waals surface area contributed by atoms with Crippen LogP contribution in [0.1, 0.15) is 21.7 Å². The Kier molecular flexibility index (Phi) is 4.08. The minimum absolute atomic E-state index is 0.0649. The number of furan rings is 1. The summed E-state index contributed by atoms with van der Waals surface area (Å²) in [5.74, 6) is -1.30. The zero-order chi connectivity index (χ0) is 16.4. The maximum Gasteiger partial charge on any atom is 0.287 e.